The van der Waals surface area contributed by atoms with E-state index in [0.717, 1.165) is 29.2 Å². The van der Waals surface area contributed by atoms with Gasteiger partial charge in [-0.2, -0.15) is 4.31 Å². The number of piperazine rings is 1. The largest absolute Gasteiger partial charge is 0.340 e. The Kier molecular flexibility index (Phi) is 8.16. The molecule has 0 aromatic heterocycles. The predicted molar refractivity (Wildman–Crippen MR) is 125 cm³/mol. The second-order valence-corrected chi connectivity index (χ2v) is 10.1. The molecule has 3 rings (SSSR count). The van der Waals surface area contributed by atoms with Crippen molar-refractivity contribution in [2.45, 2.75) is 19.9 Å². The van der Waals surface area contributed by atoms with Crippen LogP contribution in [0.15, 0.2) is 53.9 Å². The summed E-state index contributed by atoms with van der Waals surface area (Å²) in [5, 5.41) is 3.58. The molecule has 0 unspecified atom stereocenters. The summed E-state index contributed by atoms with van der Waals surface area (Å²) in [7, 11) is -3.67. The zero-order valence-electron chi connectivity index (χ0n) is 18.9. The standard InChI is InChI=1S/C24H27F2N3O4S/c1-17(2)22(27-23(30)21-19(25)9-6-10-20(21)26)24(31)28-12-14-29(15-13-28)34(32,33)16-11-18-7-4-3-5-8-18/h3-11,16-17,22H,12-15H2,1-2H3,(H,27,30)/b16-11+/t22-/m0/s1. The van der Waals surface area contributed by atoms with E-state index < -0.39 is 45.1 Å². The van der Waals surface area contributed by atoms with E-state index in [2.05, 4.69) is 5.32 Å². The average molecular weight is 492 g/mol. The third kappa shape index (κ3) is 6.06. The fourth-order valence-electron chi connectivity index (χ4n) is 3.62. The van der Waals surface area contributed by atoms with Crippen LogP contribution in [0.4, 0.5) is 8.78 Å². The van der Waals surface area contributed by atoms with E-state index in [0.29, 0.717) is 0 Å². The van der Waals surface area contributed by atoms with Crippen LogP contribution in [-0.4, -0.2) is 61.7 Å². The normalized spacial score (nSPS) is 16.1. The predicted octanol–water partition coefficient (Wildman–Crippen LogP) is 2.86. The lowest BCUT2D eigenvalue weighted by atomic mass is 10.0. The van der Waals surface area contributed by atoms with Gasteiger partial charge in [-0.15, -0.1) is 0 Å². The lowest BCUT2D eigenvalue weighted by Crippen LogP contribution is -2.57. The highest BCUT2D eigenvalue weighted by molar-refractivity contribution is 7.92. The van der Waals surface area contributed by atoms with Crippen molar-refractivity contribution in [1.82, 2.24) is 14.5 Å². The molecule has 1 saturated heterocycles. The fraction of sp³-hybridized carbons (Fsp3) is 0.333. The highest BCUT2D eigenvalue weighted by Crippen LogP contribution is 2.16. The molecule has 1 N–H and O–H groups in total. The summed E-state index contributed by atoms with van der Waals surface area (Å²) in [6, 6.07) is 11.1. The van der Waals surface area contributed by atoms with Gasteiger partial charge in [-0.25, -0.2) is 17.2 Å². The van der Waals surface area contributed by atoms with E-state index in [4.69, 9.17) is 0 Å². The van der Waals surface area contributed by atoms with Gasteiger partial charge < -0.3 is 10.2 Å². The molecule has 7 nitrogen and oxygen atoms in total. The second-order valence-electron chi connectivity index (χ2n) is 8.27. The van der Waals surface area contributed by atoms with Crippen molar-refractivity contribution < 1.29 is 26.8 Å². The molecule has 0 bridgehead atoms. The summed E-state index contributed by atoms with van der Waals surface area (Å²) in [6.07, 6.45) is 1.51. The monoisotopic (exact) mass is 491 g/mol. The van der Waals surface area contributed by atoms with E-state index in [1.807, 2.05) is 6.07 Å². The van der Waals surface area contributed by atoms with E-state index in [1.165, 1.54) is 15.3 Å². The Morgan fingerprint density at radius 2 is 1.53 bits per heavy atom. The highest BCUT2D eigenvalue weighted by atomic mass is 32.2. The maximum atomic E-state index is 14.0. The maximum absolute atomic E-state index is 14.0. The Balaban J connectivity index is 1.64. The molecule has 0 spiro atoms. The van der Waals surface area contributed by atoms with E-state index in [9.17, 15) is 26.8 Å². The topological polar surface area (TPSA) is 86.8 Å². The third-order valence-electron chi connectivity index (χ3n) is 5.55. The average Bonchev–Trinajstić information content (AvgIpc) is 2.81. The quantitative estimate of drug-likeness (QED) is 0.645. The molecule has 0 saturated carbocycles. The Morgan fingerprint density at radius 1 is 0.941 bits per heavy atom. The molecule has 34 heavy (non-hydrogen) atoms. The van der Waals surface area contributed by atoms with Gasteiger partial charge in [-0.05, 0) is 29.7 Å². The van der Waals surface area contributed by atoms with Crippen LogP contribution < -0.4 is 5.32 Å². The van der Waals surface area contributed by atoms with E-state index in [-0.39, 0.29) is 32.1 Å². The number of nitrogens with one attached hydrogen (secondary N) is 1. The zero-order chi connectivity index (χ0) is 24.9. The Morgan fingerprint density at radius 3 is 2.09 bits per heavy atom. The smallest absolute Gasteiger partial charge is 0.257 e. The molecule has 1 aliphatic rings. The first-order valence-electron chi connectivity index (χ1n) is 10.9. The van der Waals surface area contributed by atoms with Gasteiger partial charge in [-0.3, -0.25) is 9.59 Å². The van der Waals surface area contributed by atoms with Crippen molar-refractivity contribution in [2.75, 3.05) is 26.2 Å². The van der Waals surface area contributed by atoms with Crippen molar-refractivity contribution >= 4 is 27.9 Å². The zero-order valence-corrected chi connectivity index (χ0v) is 19.8. The van der Waals surface area contributed by atoms with Crippen molar-refractivity contribution in [3.63, 3.8) is 0 Å². The van der Waals surface area contributed by atoms with Gasteiger partial charge in [0.2, 0.25) is 15.9 Å². The van der Waals surface area contributed by atoms with Crippen molar-refractivity contribution in [3.05, 3.63) is 76.7 Å². The van der Waals surface area contributed by atoms with Crippen molar-refractivity contribution in [3.8, 4) is 0 Å². The highest BCUT2D eigenvalue weighted by Gasteiger charge is 2.34. The SMILES string of the molecule is CC(C)[C@H](NC(=O)c1c(F)cccc1F)C(=O)N1CCN(S(=O)(=O)/C=C/c2ccccc2)CC1. The number of amides is 2. The molecule has 1 aliphatic heterocycles. The summed E-state index contributed by atoms with van der Waals surface area (Å²) < 4.78 is 54.5. The first-order chi connectivity index (χ1) is 16.1. The van der Waals surface area contributed by atoms with Crippen molar-refractivity contribution in [2.24, 2.45) is 5.92 Å². The van der Waals surface area contributed by atoms with Crippen LogP contribution in [0, 0.1) is 17.6 Å². The van der Waals surface area contributed by atoms with Gasteiger partial charge in [0.15, 0.2) is 0 Å². The molecule has 2 aromatic carbocycles. The molecular weight excluding hydrogens is 464 g/mol. The summed E-state index contributed by atoms with van der Waals surface area (Å²) in [5.41, 5.74) is 0.00348. The summed E-state index contributed by atoms with van der Waals surface area (Å²) in [5.74, 6) is -3.85. The molecule has 2 amide bonds. The number of rotatable bonds is 7. The van der Waals surface area contributed by atoms with Crippen LogP contribution in [-0.2, 0) is 14.8 Å². The van der Waals surface area contributed by atoms with E-state index in [1.54, 1.807) is 38.1 Å². The van der Waals surface area contributed by atoms with Gasteiger partial charge in [-0.1, -0.05) is 50.2 Å². The third-order valence-corrected chi connectivity index (χ3v) is 7.12. The lowest BCUT2D eigenvalue weighted by molar-refractivity contribution is -0.135. The molecular formula is C24H27F2N3O4S. The molecule has 0 radical (unpaired) electrons. The molecule has 1 heterocycles. The van der Waals surface area contributed by atoms with Gasteiger partial charge >= 0.3 is 0 Å². The summed E-state index contributed by atoms with van der Waals surface area (Å²) in [6.45, 7) is 3.85. The van der Waals surface area contributed by atoms with Crippen LogP contribution in [0.25, 0.3) is 6.08 Å². The lowest BCUT2D eigenvalue weighted by Gasteiger charge is -2.36. The fourth-order valence-corrected chi connectivity index (χ4v) is 4.79. The molecule has 10 heteroatoms. The van der Waals surface area contributed by atoms with Gasteiger partial charge in [0.25, 0.3) is 5.91 Å². The van der Waals surface area contributed by atoms with Crippen LogP contribution in [0.2, 0.25) is 0 Å². The molecule has 1 atom stereocenters. The van der Waals surface area contributed by atoms with E-state index >= 15 is 0 Å². The number of hydrogen-bond acceptors (Lipinski definition) is 4. The van der Waals surface area contributed by atoms with Gasteiger partial charge in [0, 0.05) is 31.6 Å². The number of sulfonamides is 1. The Bertz CT molecular complexity index is 1140. The maximum Gasteiger partial charge on any atom is 0.257 e. The van der Waals surface area contributed by atoms with Crippen molar-refractivity contribution in [1.29, 1.82) is 0 Å². The van der Waals surface area contributed by atoms with Crippen LogP contribution in [0.5, 0.6) is 0 Å². The van der Waals surface area contributed by atoms with Crippen LogP contribution >= 0.6 is 0 Å². The van der Waals surface area contributed by atoms with Crippen LogP contribution in [0.1, 0.15) is 29.8 Å². The van der Waals surface area contributed by atoms with Crippen LogP contribution in [0.3, 0.4) is 0 Å². The number of halogens is 2. The minimum absolute atomic E-state index is 0.0912. The number of hydrogen-bond donors (Lipinski definition) is 1. The number of carbonyl (C=O) groups excluding carboxylic acids is 2. The first-order valence-corrected chi connectivity index (χ1v) is 12.4. The molecule has 182 valence electrons. The minimum Gasteiger partial charge on any atom is -0.340 e. The minimum atomic E-state index is -3.67. The number of nitrogens with zero attached hydrogens (tertiary/aromatic N) is 2. The number of carbonyl (C=O) groups is 2. The molecule has 1 fully saturated rings. The van der Waals surface area contributed by atoms with Gasteiger partial charge in [0.1, 0.15) is 23.2 Å². The number of benzene rings is 2. The summed E-state index contributed by atoms with van der Waals surface area (Å²) in [4.78, 5) is 27.0. The molecule has 2 aromatic rings. The second kappa shape index (κ2) is 10.9. The summed E-state index contributed by atoms with van der Waals surface area (Å²) >= 11 is 0. The first kappa shape index (κ1) is 25.5. The van der Waals surface area contributed by atoms with Gasteiger partial charge in [0.05, 0.1) is 0 Å². The Labute approximate surface area is 198 Å². The Hall–Kier alpha value is -3.11. The molecule has 0 aliphatic carbocycles.